The summed E-state index contributed by atoms with van der Waals surface area (Å²) in [5, 5.41) is 3.29. The lowest BCUT2D eigenvalue weighted by Gasteiger charge is -2.35. The first-order valence-electron chi connectivity index (χ1n) is 7.25. The van der Waals surface area contributed by atoms with Gasteiger partial charge in [-0.25, -0.2) is 8.78 Å². The molecule has 0 aromatic heterocycles. The highest BCUT2D eigenvalue weighted by atomic mass is 35.5. The Labute approximate surface area is 135 Å². The van der Waals surface area contributed by atoms with Crippen LogP contribution in [0.15, 0.2) is 12.1 Å². The molecule has 2 nitrogen and oxygen atoms in total. The Morgan fingerprint density at radius 1 is 1.24 bits per heavy atom. The molecule has 1 aromatic rings. The Kier molecular flexibility index (Phi) is 5.83. The predicted octanol–water partition coefficient (Wildman–Crippen LogP) is 3.79. The highest BCUT2D eigenvalue weighted by Crippen LogP contribution is 2.42. The summed E-state index contributed by atoms with van der Waals surface area (Å²) in [5.74, 6) is -0.459. The van der Waals surface area contributed by atoms with E-state index in [1.165, 1.54) is 25.0 Å². The molecule has 1 saturated heterocycles. The van der Waals surface area contributed by atoms with Gasteiger partial charge in [0.05, 0.1) is 5.02 Å². The molecule has 0 radical (unpaired) electrons. The van der Waals surface area contributed by atoms with E-state index in [9.17, 15) is 8.78 Å². The Hall–Kier alpha value is -0.420. The zero-order chi connectivity index (χ0) is 14.1. The number of nitrogens with zero attached hydrogens (tertiary/aromatic N) is 1. The van der Waals surface area contributed by atoms with E-state index < -0.39 is 11.6 Å². The fourth-order valence-electron chi connectivity index (χ4n) is 2.96. The molecule has 0 amide bonds. The van der Waals surface area contributed by atoms with E-state index in [-0.39, 0.29) is 29.0 Å². The zero-order valence-corrected chi connectivity index (χ0v) is 13.3. The minimum atomic E-state index is -0.587. The van der Waals surface area contributed by atoms with Crippen LogP contribution in [0.25, 0.3) is 0 Å². The van der Waals surface area contributed by atoms with Crippen LogP contribution >= 0.6 is 24.0 Å². The summed E-state index contributed by atoms with van der Waals surface area (Å²) < 4.78 is 28.5. The SMILES string of the molecule is Cl.Fc1ccc(Cl)c(F)c1[C@@H](CC1CC1)N1CCNCC1. The van der Waals surface area contributed by atoms with Crippen molar-refractivity contribution in [3.05, 3.63) is 34.4 Å². The lowest BCUT2D eigenvalue weighted by atomic mass is 9.97. The van der Waals surface area contributed by atoms with Gasteiger partial charge in [0.25, 0.3) is 0 Å². The molecule has 0 unspecified atom stereocenters. The van der Waals surface area contributed by atoms with Crippen molar-refractivity contribution in [1.29, 1.82) is 0 Å². The first kappa shape index (κ1) is 16.9. The third kappa shape index (κ3) is 3.86. The summed E-state index contributed by atoms with van der Waals surface area (Å²) in [4.78, 5) is 2.19. The normalized spacial score (nSPS) is 20.9. The van der Waals surface area contributed by atoms with Gasteiger partial charge >= 0.3 is 0 Å². The Morgan fingerprint density at radius 2 is 1.90 bits per heavy atom. The summed E-state index contributed by atoms with van der Waals surface area (Å²) in [5.41, 5.74) is 0.159. The number of benzene rings is 1. The van der Waals surface area contributed by atoms with Gasteiger partial charge in [0, 0.05) is 37.8 Å². The van der Waals surface area contributed by atoms with Gasteiger partial charge in [0.2, 0.25) is 0 Å². The number of piperazine rings is 1. The van der Waals surface area contributed by atoms with Crippen molar-refractivity contribution in [3.8, 4) is 0 Å². The molecule has 1 aliphatic heterocycles. The summed E-state index contributed by atoms with van der Waals surface area (Å²) >= 11 is 5.85. The molecule has 1 saturated carbocycles. The van der Waals surface area contributed by atoms with E-state index in [1.807, 2.05) is 0 Å². The standard InChI is InChI=1S/C15H19ClF2N2.ClH/c16-11-3-4-12(17)14(15(11)18)13(9-10-1-2-10)20-7-5-19-6-8-20;/h3-4,10,13,19H,1-2,5-9H2;1H/t13-;/m1./s1. The summed E-state index contributed by atoms with van der Waals surface area (Å²) in [6.45, 7) is 3.38. The average Bonchev–Trinajstić information content (AvgIpc) is 3.27. The lowest BCUT2D eigenvalue weighted by Crippen LogP contribution is -2.45. The molecular formula is C15H20Cl2F2N2. The topological polar surface area (TPSA) is 15.3 Å². The molecule has 3 rings (SSSR count). The van der Waals surface area contributed by atoms with Gasteiger partial charge in [-0.3, -0.25) is 4.90 Å². The molecule has 118 valence electrons. The minimum absolute atomic E-state index is 0. The van der Waals surface area contributed by atoms with Gasteiger partial charge < -0.3 is 5.32 Å². The van der Waals surface area contributed by atoms with Gasteiger partial charge in [-0.1, -0.05) is 24.4 Å². The van der Waals surface area contributed by atoms with Crippen LogP contribution in [0.4, 0.5) is 8.78 Å². The fourth-order valence-corrected chi connectivity index (χ4v) is 3.13. The van der Waals surface area contributed by atoms with Crippen LogP contribution < -0.4 is 5.32 Å². The molecule has 1 heterocycles. The number of halogens is 4. The van der Waals surface area contributed by atoms with Crippen molar-refractivity contribution in [2.24, 2.45) is 5.92 Å². The number of hydrogen-bond donors (Lipinski definition) is 1. The van der Waals surface area contributed by atoms with Crippen molar-refractivity contribution in [3.63, 3.8) is 0 Å². The first-order valence-corrected chi connectivity index (χ1v) is 7.63. The van der Waals surface area contributed by atoms with Gasteiger partial charge in [0.15, 0.2) is 0 Å². The molecular weight excluding hydrogens is 317 g/mol. The van der Waals surface area contributed by atoms with Gasteiger partial charge in [-0.15, -0.1) is 12.4 Å². The molecule has 1 aliphatic carbocycles. The second-order valence-electron chi connectivity index (χ2n) is 5.74. The van der Waals surface area contributed by atoms with E-state index in [0.29, 0.717) is 5.92 Å². The molecule has 1 N–H and O–H groups in total. The summed E-state index contributed by atoms with van der Waals surface area (Å²) in [7, 11) is 0. The number of nitrogens with one attached hydrogen (secondary N) is 1. The van der Waals surface area contributed by atoms with Crippen LogP contribution in [0, 0.1) is 17.6 Å². The van der Waals surface area contributed by atoms with Crippen LogP contribution in [0.3, 0.4) is 0 Å². The fraction of sp³-hybridized carbons (Fsp3) is 0.600. The number of hydrogen-bond acceptors (Lipinski definition) is 2. The van der Waals surface area contributed by atoms with E-state index in [1.54, 1.807) is 0 Å². The Balaban J connectivity index is 0.00000161. The quantitative estimate of drug-likeness (QED) is 0.841. The molecule has 2 fully saturated rings. The summed E-state index contributed by atoms with van der Waals surface area (Å²) in [6, 6.07) is 2.38. The van der Waals surface area contributed by atoms with Gasteiger partial charge in [-0.2, -0.15) is 0 Å². The Bertz CT molecular complexity index is 489. The highest BCUT2D eigenvalue weighted by molar-refractivity contribution is 6.30. The highest BCUT2D eigenvalue weighted by Gasteiger charge is 2.34. The minimum Gasteiger partial charge on any atom is -0.314 e. The largest absolute Gasteiger partial charge is 0.314 e. The van der Waals surface area contributed by atoms with Crippen molar-refractivity contribution >= 4 is 24.0 Å². The van der Waals surface area contributed by atoms with Crippen molar-refractivity contribution in [2.75, 3.05) is 26.2 Å². The third-order valence-electron chi connectivity index (χ3n) is 4.26. The van der Waals surface area contributed by atoms with Gasteiger partial charge in [-0.05, 0) is 24.5 Å². The first-order chi connectivity index (χ1) is 9.66. The van der Waals surface area contributed by atoms with Crippen molar-refractivity contribution in [2.45, 2.75) is 25.3 Å². The maximum atomic E-state index is 14.3. The smallest absolute Gasteiger partial charge is 0.149 e. The predicted molar refractivity (Wildman–Crippen MR) is 83.1 cm³/mol. The summed E-state index contributed by atoms with van der Waals surface area (Å²) in [6.07, 6.45) is 3.17. The van der Waals surface area contributed by atoms with Crippen LogP contribution in [-0.4, -0.2) is 31.1 Å². The molecule has 1 aromatic carbocycles. The van der Waals surface area contributed by atoms with E-state index in [4.69, 9.17) is 11.6 Å². The maximum Gasteiger partial charge on any atom is 0.149 e. The molecule has 1 atom stereocenters. The Morgan fingerprint density at radius 3 is 2.52 bits per heavy atom. The van der Waals surface area contributed by atoms with Gasteiger partial charge in [0.1, 0.15) is 11.6 Å². The van der Waals surface area contributed by atoms with Crippen molar-refractivity contribution < 1.29 is 8.78 Å². The van der Waals surface area contributed by atoms with Crippen LogP contribution in [0.5, 0.6) is 0 Å². The van der Waals surface area contributed by atoms with Crippen LogP contribution in [0.1, 0.15) is 30.9 Å². The van der Waals surface area contributed by atoms with E-state index in [0.717, 1.165) is 32.6 Å². The van der Waals surface area contributed by atoms with Crippen molar-refractivity contribution in [1.82, 2.24) is 10.2 Å². The molecule has 21 heavy (non-hydrogen) atoms. The van der Waals surface area contributed by atoms with E-state index in [2.05, 4.69) is 10.2 Å². The zero-order valence-electron chi connectivity index (χ0n) is 11.7. The number of rotatable bonds is 4. The molecule has 0 bridgehead atoms. The maximum absolute atomic E-state index is 14.3. The second kappa shape index (κ2) is 7.23. The average molecular weight is 337 g/mol. The monoisotopic (exact) mass is 336 g/mol. The molecule has 6 heteroatoms. The van der Waals surface area contributed by atoms with E-state index >= 15 is 0 Å². The second-order valence-corrected chi connectivity index (χ2v) is 6.14. The molecule has 2 aliphatic rings. The third-order valence-corrected chi connectivity index (χ3v) is 4.55. The van der Waals surface area contributed by atoms with Crippen LogP contribution in [0.2, 0.25) is 5.02 Å². The lowest BCUT2D eigenvalue weighted by molar-refractivity contribution is 0.154. The molecule has 0 spiro atoms. The van der Waals surface area contributed by atoms with Crippen LogP contribution in [-0.2, 0) is 0 Å².